The number of halogens is 1. The summed E-state index contributed by atoms with van der Waals surface area (Å²) in [5.41, 5.74) is 0.967. The Balaban J connectivity index is 1.87. The predicted octanol–water partition coefficient (Wildman–Crippen LogP) is 2.61. The van der Waals surface area contributed by atoms with E-state index in [1.807, 2.05) is 19.0 Å². The lowest BCUT2D eigenvalue weighted by Crippen LogP contribution is -2.38. The van der Waals surface area contributed by atoms with Gasteiger partial charge in [-0.25, -0.2) is 13.0 Å². The monoisotopic (exact) mass is 379 g/mol. The zero-order chi connectivity index (χ0) is 18.7. The Morgan fingerprint density at radius 2 is 1.58 bits per heavy atom. The first-order valence-corrected chi connectivity index (χ1v) is 9.71. The van der Waals surface area contributed by atoms with Crippen molar-refractivity contribution in [2.45, 2.75) is 0 Å². The molecule has 8 heteroatoms. The first kappa shape index (κ1) is 18.6. The second-order valence-corrected chi connectivity index (χ2v) is 7.90. The Kier molecular flexibility index (Phi) is 5.45. The van der Waals surface area contributed by atoms with Crippen molar-refractivity contribution in [3.8, 4) is 0 Å². The van der Waals surface area contributed by atoms with Crippen LogP contribution in [0.2, 0.25) is 0 Å². The molecule has 0 saturated carbocycles. The van der Waals surface area contributed by atoms with Gasteiger partial charge in [-0.2, -0.15) is 8.42 Å². The molecule has 1 aliphatic rings. The van der Waals surface area contributed by atoms with Gasteiger partial charge >= 0.3 is 10.2 Å². The van der Waals surface area contributed by atoms with Crippen molar-refractivity contribution in [1.82, 2.24) is 4.90 Å². The quantitative estimate of drug-likeness (QED) is 0.694. The summed E-state index contributed by atoms with van der Waals surface area (Å²) in [6.45, 7) is 1.69. The van der Waals surface area contributed by atoms with Gasteiger partial charge in [0, 0.05) is 6.54 Å². The Morgan fingerprint density at radius 1 is 0.962 bits per heavy atom. The van der Waals surface area contributed by atoms with Gasteiger partial charge in [0.05, 0.1) is 36.8 Å². The molecule has 3 rings (SSSR count). The van der Waals surface area contributed by atoms with Crippen LogP contribution in [-0.2, 0) is 14.9 Å². The van der Waals surface area contributed by atoms with Crippen molar-refractivity contribution in [3.63, 3.8) is 0 Å². The molecule has 2 aromatic rings. The molecular weight excluding hydrogens is 357 g/mol. The number of para-hydroxylation sites is 3. The van der Waals surface area contributed by atoms with Gasteiger partial charge in [-0.15, -0.1) is 0 Å². The van der Waals surface area contributed by atoms with Crippen LogP contribution in [-0.4, -0.2) is 53.7 Å². The van der Waals surface area contributed by atoms with Crippen molar-refractivity contribution in [2.24, 2.45) is 0 Å². The molecule has 0 fully saturated rings. The van der Waals surface area contributed by atoms with E-state index >= 15 is 0 Å². The summed E-state index contributed by atoms with van der Waals surface area (Å²) in [6.07, 6.45) is 0. The first-order valence-electron chi connectivity index (χ1n) is 8.32. The molecule has 0 unspecified atom stereocenters. The largest absolute Gasteiger partial charge is 0.378 e. The van der Waals surface area contributed by atoms with E-state index < -0.39 is 16.0 Å². The van der Waals surface area contributed by atoms with Crippen LogP contribution in [0.3, 0.4) is 0 Å². The number of nitrogens with zero attached hydrogens (tertiary/aromatic N) is 3. The molecule has 0 aromatic heterocycles. The van der Waals surface area contributed by atoms with Gasteiger partial charge in [-0.3, -0.25) is 0 Å². The van der Waals surface area contributed by atoms with E-state index in [0.29, 0.717) is 18.0 Å². The molecule has 0 spiro atoms. The third-order valence-electron chi connectivity index (χ3n) is 4.07. The van der Waals surface area contributed by atoms with E-state index in [1.165, 1.54) is 22.5 Å². The Labute approximate surface area is 153 Å². The first-order chi connectivity index (χ1) is 12.4. The summed E-state index contributed by atoms with van der Waals surface area (Å²) >= 11 is 0. The van der Waals surface area contributed by atoms with Crippen molar-refractivity contribution < 1.29 is 17.5 Å². The van der Waals surface area contributed by atoms with Crippen LogP contribution < -0.4 is 8.61 Å². The summed E-state index contributed by atoms with van der Waals surface area (Å²) in [5, 5.41) is 0. The smallest absolute Gasteiger partial charge is 0.331 e. The van der Waals surface area contributed by atoms with Crippen molar-refractivity contribution in [2.75, 3.05) is 49.0 Å². The van der Waals surface area contributed by atoms with Gasteiger partial charge in [0.25, 0.3) is 0 Å². The molecule has 26 heavy (non-hydrogen) atoms. The molecule has 2 aromatic carbocycles. The van der Waals surface area contributed by atoms with E-state index in [9.17, 15) is 12.8 Å². The summed E-state index contributed by atoms with van der Waals surface area (Å²) < 4.78 is 48.3. The molecule has 0 radical (unpaired) electrons. The lowest BCUT2D eigenvalue weighted by atomic mass is 10.2. The van der Waals surface area contributed by atoms with Crippen LogP contribution in [0.25, 0.3) is 0 Å². The third-order valence-corrected chi connectivity index (χ3v) is 5.86. The molecule has 1 heterocycles. The normalized spacial score (nSPS) is 15.5. The Bertz CT molecular complexity index is 873. The Morgan fingerprint density at radius 3 is 2.23 bits per heavy atom. The highest BCUT2D eigenvalue weighted by Gasteiger charge is 2.41. The highest BCUT2D eigenvalue weighted by Crippen LogP contribution is 2.45. The van der Waals surface area contributed by atoms with Crippen LogP contribution in [0.5, 0.6) is 0 Å². The molecular formula is C18H22FN3O3S. The average Bonchev–Trinajstić information content (AvgIpc) is 2.82. The lowest BCUT2D eigenvalue weighted by Gasteiger charge is -2.22. The maximum absolute atomic E-state index is 14.3. The van der Waals surface area contributed by atoms with E-state index in [2.05, 4.69) is 0 Å². The van der Waals surface area contributed by atoms with Crippen molar-refractivity contribution >= 4 is 27.3 Å². The maximum atomic E-state index is 14.3. The highest BCUT2D eigenvalue weighted by molar-refractivity contribution is 7.95. The number of hydrogen-bond acceptors (Lipinski definition) is 4. The minimum atomic E-state index is -3.93. The molecule has 140 valence electrons. The van der Waals surface area contributed by atoms with Crippen LogP contribution in [0.1, 0.15) is 0 Å². The minimum Gasteiger partial charge on any atom is -0.378 e. The van der Waals surface area contributed by atoms with Gasteiger partial charge < -0.3 is 9.64 Å². The fourth-order valence-electron chi connectivity index (χ4n) is 2.80. The van der Waals surface area contributed by atoms with Gasteiger partial charge in [0.15, 0.2) is 0 Å². The van der Waals surface area contributed by atoms with E-state index in [4.69, 9.17) is 4.74 Å². The van der Waals surface area contributed by atoms with Crippen LogP contribution >= 0.6 is 0 Å². The zero-order valence-electron chi connectivity index (χ0n) is 14.8. The Hall–Kier alpha value is -2.16. The fraction of sp³-hybridized carbons (Fsp3) is 0.333. The van der Waals surface area contributed by atoms with E-state index in [1.54, 1.807) is 30.3 Å². The summed E-state index contributed by atoms with van der Waals surface area (Å²) in [6, 6.07) is 12.7. The van der Waals surface area contributed by atoms with Crippen LogP contribution in [0.4, 0.5) is 21.5 Å². The van der Waals surface area contributed by atoms with Gasteiger partial charge in [-0.05, 0) is 38.4 Å². The molecule has 0 bridgehead atoms. The van der Waals surface area contributed by atoms with E-state index in [-0.39, 0.29) is 18.8 Å². The number of rotatable bonds is 7. The molecule has 0 saturated heterocycles. The standard InChI is InChI=1S/C18H22FN3O3S/c1-20(2)11-13-25-14-12-21-17-9-5-6-10-18(17)22(26(21,23)24)16-8-4-3-7-15(16)19/h3-10H,11-14H2,1-2H3. The zero-order valence-corrected chi connectivity index (χ0v) is 15.6. The topological polar surface area (TPSA) is 53.1 Å². The average molecular weight is 379 g/mol. The number of benzene rings is 2. The van der Waals surface area contributed by atoms with Gasteiger partial charge in [-0.1, -0.05) is 24.3 Å². The van der Waals surface area contributed by atoms with Gasteiger partial charge in [0.1, 0.15) is 5.82 Å². The molecule has 0 atom stereocenters. The van der Waals surface area contributed by atoms with Crippen LogP contribution in [0.15, 0.2) is 48.5 Å². The summed E-state index contributed by atoms with van der Waals surface area (Å²) in [5.74, 6) is -0.588. The second kappa shape index (κ2) is 7.61. The molecule has 0 aliphatic carbocycles. The van der Waals surface area contributed by atoms with Crippen LogP contribution in [0, 0.1) is 5.82 Å². The maximum Gasteiger partial charge on any atom is 0.331 e. The number of likely N-dealkylation sites (N-methyl/N-ethyl adjacent to an activating group) is 1. The fourth-order valence-corrected chi connectivity index (χ4v) is 4.50. The van der Waals surface area contributed by atoms with E-state index in [0.717, 1.165) is 10.8 Å². The number of hydrogen-bond donors (Lipinski definition) is 0. The number of fused-ring (bicyclic) bond motifs is 1. The molecule has 0 amide bonds. The molecule has 1 aliphatic heterocycles. The second-order valence-electron chi connectivity index (χ2n) is 6.20. The number of ether oxygens (including phenoxy) is 1. The molecule has 0 N–H and O–H groups in total. The van der Waals surface area contributed by atoms with Crippen molar-refractivity contribution in [1.29, 1.82) is 0 Å². The SMILES string of the molecule is CN(C)CCOCCN1c2ccccc2N(c2ccccc2F)S1(=O)=O. The number of anilines is 3. The molecule has 6 nitrogen and oxygen atoms in total. The lowest BCUT2D eigenvalue weighted by molar-refractivity contribution is 0.124. The minimum absolute atomic E-state index is 0.0102. The summed E-state index contributed by atoms with van der Waals surface area (Å²) in [7, 11) is -0.0472. The summed E-state index contributed by atoms with van der Waals surface area (Å²) in [4.78, 5) is 1.99. The third kappa shape index (κ3) is 3.53. The predicted molar refractivity (Wildman–Crippen MR) is 101 cm³/mol. The van der Waals surface area contributed by atoms with Gasteiger partial charge in [0.2, 0.25) is 0 Å². The van der Waals surface area contributed by atoms with Crippen molar-refractivity contribution in [3.05, 3.63) is 54.3 Å². The highest BCUT2D eigenvalue weighted by atomic mass is 32.2.